The van der Waals surface area contributed by atoms with Gasteiger partial charge < -0.3 is 4.74 Å². The number of nitrogens with zero attached hydrogens (tertiary/aromatic N) is 2. The molecule has 1 fully saturated rings. The largest absolute Gasteiger partial charge is 0.377 e. The van der Waals surface area contributed by atoms with Crippen LogP contribution in [0.3, 0.4) is 0 Å². The number of nitriles is 1. The maximum absolute atomic E-state index is 8.89. The molecule has 0 N–H and O–H groups in total. The maximum atomic E-state index is 8.89. The first kappa shape index (κ1) is 14.0. The van der Waals surface area contributed by atoms with Crippen LogP contribution in [-0.4, -0.2) is 30.7 Å². The molecule has 2 rings (SSSR count). The molecule has 0 aromatic heterocycles. The van der Waals surface area contributed by atoms with Crippen molar-refractivity contribution in [3.63, 3.8) is 0 Å². The molecule has 1 aliphatic rings. The lowest BCUT2D eigenvalue weighted by atomic mass is 10.0. The normalized spacial score (nSPS) is 18.7. The Kier molecular flexibility index (Phi) is 4.95. The summed E-state index contributed by atoms with van der Waals surface area (Å²) in [7, 11) is 0. The third-order valence-corrected chi connectivity index (χ3v) is 3.80. The summed E-state index contributed by atoms with van der Waals surface area (Å²) in [5.74, 6) is 0. The van der Waals surface area contributed by atoms with E-state index in [-0.39, 0.29) is 0 Å². The van der Waals surface area contributed by atoms with Crippen LogP contribution in [0.5, 0.6) is 0 Å². The minimum absolute atomic E-state index is 0.402. The molecule has 1 heterocycles. The molecule has 1 unspecified atom stereocenters. The minimum atomic E-state index is 0.402. The number of hydrogen-bond acceptors (Lipinski definition) is 3. The predicted octanol–water partition coefficient (Wildman–Crippen LogP) is 2.87. The molecular weight excluding hydrogens is 236 g/mol. The molecule has 3 nitrogen and oxygen atoms in total. The average Bonchev–Trinajstić information content (AvgIpc) is 2.92. The molecule has 1 aliphatic heterocycles. The monoisotopic (exact) mass is 258 g/mol. The Balaban J connectivity index is 1.99. The van der Waals surface area contributed by atoms with Crippen LogP contribution in [0.2, 0.25) is 0 Å². The predicted molar refractivity (Wildman–Crippen MR) is 75.8 cm³/mol. The Hall–Kier alpha value is -1.37. The zero-order valence-electron chi connectivity index (χ0n) is 11.9. The average molecular weight is 258 g/mol. The van der Waals surface area contributed by atoms with Gasteiger partial charge in [0, 0.05) is 19.7 Å². The molecule has 0 amide bonds. The Morgan fingerprint density at radius 1 is 1.47 bits per heavy atom. The highest BCUT2D eigenvalue weighted by Gasteiger charge is 2.18. The van der Waals surface area contributed by atoms with Crippen LogP contribution in [0, 0.1) is 18.3 Å². The van der Waals surface area contributed by atoms with E-state index in [4.69, 9.17) is 10.00 Å². The number of likely N-dealkylation sites (N-methyl/N-ethyl adjacent to an activating group) is 1. The van der Waals surface area contributed by atoms with Gasteiger partial charge in [-0.25, -0.2) is 0 Å². The van der Waals surface area contributed by atoms with Crippen molar-refractivity contribution in [1.29, 1.82) is 5.26 Å². The third kappa shape index (κ3) is 3.79. The highest BCUT2D eigenvalue weighted by Crippen LogP contribution is 2.17. The topological polar surface area (TPSA) is 36.3 Å². The lowest BCUT2D eigenvalue weighted by Gasteiger charge is -2.24. The van der Waals surface area contributed by atoms with Crippen LogP contribution in [0.4, 0.5) is 0 Å². The molecule has 1 saturated heterocycles. The van der Waals surface area contributed by atoms with E-state index in [0.29, 0.717) is 6.10 Å². The van der Waals surface area contributed by atoms with Gasteiger partial charge in [0.1, 0.15) is 0 Å². The van der Waals surface area contributed by atoms with Gasteiger partial charge in [0.15, 0.2) is 0 Å². The van der Waals surface area contributed by atoms with E-state index in [2.05, 4.69) is 30.9 Å². The fraction of sp³-hybridized carbons (Fsp3) is 0.562. The van der Waals surface area contributed by atoms with Crippen LogP contribution in [0.1, 0.15) is 36.5 Å². The van der Waals surface area contributed by atoms with E-state index < -0.39 is 0 Å². The molecule has 0 spiro atoms. The third-order valence-electron chi connectivity index (χ3n) is 3.80. The summed E-state index contributed by atoms with van der Waals surface area (Å²) < 4.78 is 5.70. The maximum Gasteiger partial charge on any atom is 0.0991 e. The van der Waals surface area contributed by atoms with Gasteiger partial charge in [-0.1, -0.05) is 13.0 Å². The Labute approximate surface area is 115 Å². The summed E-state index contributed by atoms with van der Waals surface area (Å²) in [6.45, 7) is 8.16. The van der Waals surface area contributed by atoms with Crippen LogP contribution in [-0.2, 0) is 11.3 Å². The van der Waals surface area contributed by atoms with Crippen LogP contribution in [0.25, 0.3) is 0 Å². The van der Waals surface area contributed by atoms with Crippen molar-refractivity contribution in [2.24, 2.45) is 0 Å². The summed E-state index contributed by atoms with van der Waals surface area (Å²) in [6, 6.07) is 8.14. The van der Waals surface area contributed by atoms with Crippen molar-refractivity contribution >= 4 is 0 Å². The molecular formula is C16H22N2O. The van der Waals surface area contributed by atoms with Crippen molar-refractivity contribution in [2.75, 3.05) is 19.7 Å². The van der Waals surface area contributed by atoms with Gasteiger partial charge in [-0.05, 0) is 49.6 Å². The van der Waals surface area contributed by atoms with Crippen molar-refractivity contribution in [2.45, 2.75) is 39.3 Å². The molecule has 0 aliphatic carbocycles. The van der Waals surface area contributed by atoms with E-state index in [1.807, 2.05) is 12.1 Å². The van der Waals surface area contributed by atoms with E-state index in [0.717, 1.165) is 31.8 Å². The minimum Gasteiger partial charge on any atom is -0.377 e. The molecule has 0 saturated carbocycles. The zero-order chi connectivity index (χ0) is 13.7. The van der Waals surface area contributed by atoms with Crippen LogP contribution < -0.4 is 0 Å². The summed E-state index contributed by atoms with van der Waals surface area (Å²) in [4.78, 5) is 2.42. The first-order valence-corrected chi connectivity index (χ1v) is 7.06. The molecule has 1 atom stereocenters. The number of benzene rings is 1. The fourth-order valence-electron chi connectivity index (χ4n) is 2.57. The molecule has 19 heavy (non-hydrogen) atoms. The van der Waals surface area contributed by atoms with Gasteiger partial charge in [-0.15, -0.1) is 0 Å². The SMILES string of the molecule is CCN(Cc1ccc(C#N)cc1C)CC1CCCO1. The second-order valence-electron chi connectivity index (χ2n) is 5.22. The number of hydrogen-bond donors (Lipinski definition) is 0. The van der Waals surface area contributed by atoms with E-state index in [9.17, 15) is 0 Å². The summed E-state index contributed by atoms with van der Waals surface area (Å²) in [5.41, 5.74) is 3.24. The second kappa shape index (κ2) is 6.70. The lowest BCUT2D eigenvalue weighted by molar-refractivity contribution is 0.0724. The van der Waals surface area contributed by atoms with Crippen molar-refractivity contribution in [3.05, 3.63) is 34.9 Å². The van der Waals surface area contributed by atoms with E-state index in [1.165, 1.54) is 24.0 Å². The van der Waals surface area contributed by atoms with Crippen LogP contribution in [0.15, 0.2) is 18.2 Å². The van der Waals surface area contributed by atoms with Crippen LogP contribution >= 0.6 is 0 Å². The van der Waals surface area contributed by atoms with Crippen molar-refractivity contribution in [3.8, 4) is 6.07 Å². The van der Waals surface area contributed by atoms with Gasteiger partial charge in [0.25, 0.3) is 0 Å². The first-order chi connectivity index (χ1) is 9.22. The molecule has 0 bridgehead atoms. The van der Waals surface area contributed by atoms with Gasteiger partial charge in [0.2, 0.25) is 0 Å². The number of ether oxygens (including phenoxy) is 1. The van der Waals surface area contributed by atoms with Gasteiger partial charge in [0.05, 0.1) is 17.7 Å². The highest BCUT2D eigenvalue weighted by atomic mass is 16.5. The second-order valence-corrected chi connectivity index (χ2v) is 5.22. The lowest BCUT2D eigenvalue weighted by Crippen LogP contribution is -2.31. The fourth-order valence-corrected chi connectivity index (χ4v) is 2.57. The van der Waals surface area contributed by atoms with E-state index >= 15 is 0 Å². The van der Waals surface area contributed by atoms with Crippen molar-refractivity contribution < 1.29 is 4.74 Å². The number of aryl methyl sites for hydroxylation is 1. The Morgan fingerprint density at radius 2 is 2.32 bits per heavy atom. The van der Waals surface area contributed by atoms with Gasteiger partial charge >= 0.3 is 0 Å². The van der Waals surface area contributed by atoms with E-state index in [1.54, 1.807) is 0 Å². The Morgan fingerprint density at radius 3 is 2.89 bits per heavy atom. The quantitative estimate of drug-likeness (QED) is 0.814. The molecule has 1 aromatic rings. The standard InChI is InChI=1S/C16H22N2O/c1-3-18(12-16-5-4-8-19-16)11-15-7-6-14(10-17)9-13(15)2/h6-7,9,16H,3-5,8,11-12H2,1-2H3. The highest BCUT2D eigenvalue weighted by molar-refractivity contribution is 5.37. The summed E-state index contributed by atoms with van der Waals surface area (Å²) in [6.07, 6.45) is 2.78. The molecule has 0 radical (unpaired) electrons. The molecule has 102 valence electrons. The molecule has 3 heteroatoms. The van der Waals surface area contributed by atoms with Gasteiger partial charge in [-0.2, -0.15) is 5.26 Å². The smallest absolute Gasteiger partial charge is 0.0991 e. The summed E-state index contributed by atoms with van der Waals surface area (Å²) in [5, 5.41) is 8.89. The van der Waals surface area contributed by atoms with Crippen molar-refractivity contribution in [1.82, 2.24) is 4.90 Å². The van der Waals surface area contributed by atoms with Gasteiger partial charge in [-0.3, -0.25) is 4.90 Å². The first-order valence-electron chi connectivity index (χ1n) is 7.06. The number of rotatable bonds is 5. The molecule has 1 aromatic carbocycles. The Bertz CT molecular complexity index is 458. The summed E-state index contributed by atoms with van der Waals surface area (Å²) >= 11 is 0. The zero-order valence-corrected chi connectivity index (χ0v) is 11.9.